The van der Waals surface area contributed by atoms with Gasteiger partial charge in [0.25, 0.3) is 5.91 Å². The summed E-state index contributed by atoms with van der Waals surface area (Å²) in [6.07, 6.45) is -4.51. The molecule has 0 aliphatic carbocycles. The summed E-state index contributed by atoms with van der Waals surface area (Å²) >= 11 is 0. The van der Waals surface area contributed by atoms with Crippen molar-refractivity contribution >= 4 is 5.91 Å². The standard InChI is InChI=1S/C13H17F3N2O/c14-13(15,16)6-2-8-18-12(19)11-4-1-3-10(9-11)5-7-17/h1,3-4,9H,2,5-8,17H2,(H,18,19). The number of hydrogen-bond acceptors (Lipinski definition) is 2. The average Bonchev–Trinajstić information content (AvgIpc) is 2.34. The van der Waals surface area contributed by atoms with Gasteiger partial charge in [-0.2, -0.15) is 13.2 Å². The molecule has 0 bridgehead atoms. The summed E-state index contributed by atoms with van der Waals surface area (Å²) in [4.78, 5) is 11.7. The first-order valence-electron chi connectivity index (χ1n) is 6.06. The van der Waals surface area contributed by atoms with Crippen LogP contribution in [0.15, 0.2) is 24.3 Å². The second-order valence-corrected chi connectivity index (χ2v) is 4.21. The van der Waals surface area contributed by atoms with E-state index in [1.165, 1.54) is 0 Å². The third-order valence-corrected chi connectivity index (χ3v) is 2.54. The first kappa shape index (κ1) is 15.5. The van der Waals surface area contributed by atoms with E-state index in [0.29, 0.717) is 18.5 Å². The van der Waals surface area contributed by atoms with Gasteiger partial charge in [-0.3, -0.25) is 4.79 Å². The summed E-state index contributed by atoms with van der Waals surface area (Å²) in [5.41, 5.74) is 6.80. The van der Waals surface area contributed by atoms with E-state index in [0.717, 1.165) is 5.56 Å². The molecule has 1 rings (SSSR count). The highest BCUT2D eigenvalue weighted by atomic mass is 19.4. The van der Waals surface area contributed by atoms with Crippen LogP contribution in [0.25, 0.3) is 0 Å². The molecule has 3 N–H and O–H groups in total. The average molecular weight is 274 g/mol. The fourth-order valence-corrected chi connectivity index (χ4v) is 1.63. The lowest BCUT2D eigenvalue weighted by molar-refractivity contribution is -0.135. The highest BCUT2D eigenvalue weighted by molar-refractivity contribution is 5.94. The Balaban J connectivity index is 2.43. The highest BCUT2D eigenvalue weighted by Crippen LogP contribution is 2.20. The number of nitrogens with one attached hydrogen (secondary N) is 1. The van der Waals surface area contributed by atoms with E-state index in [2.05, 4.69) is 5.32 Å². The molecule has 19 heavy (non-hydrogen) atoms. The zero-order chi connectivity index (χ0) is 14.3. The third kappa shape index (κ3) is 6.24. The Kier molecular flexibility index (Phi) is 5.82. The molecule has 0 spiro atoms. The van der Waals surface area contributed by atoms with Crippen molar-refractivity contribution in [1.82, 2.24) is 5.32 Å². The summed E-state index contributed by atoms with van der Waals surface area (Å²) in [6, 6.07) is 6.91. The lowest BCUT2D eigenvalue weighted by atomic mass is 10.1. The minimum atomic E-state index is -4.17. The summed E-state index contributed by atoms with van der Waals surface area (Å²) in [6.45, 7) is 0.496. The molecule has 1 amide bonds. The van der Waals surface area contributed by atoms with Crippen LogP contribution in [0.1, 0.15) is 28.8 Å². The van der Waals surface area contributed by atoms with Gasteiger partial charge in [0.1, 0.15) is 0 Å². The van der Waals surface area contributed by atoms with Crippen LogP contribution in [0.2, 0.25) is 0 Å². The van der Waals surface area contributed by atoms with Crippen LogP contribution in [0.5, 0.6) is 0 Å². The van der Waals surface area contributed by atoms with Crippen LogP contribution in [-0.2, 0) is 6.42 Å². The zero-order valence-electron chi connectivity index (χ0n) is 10.5. The first-order valence-corrected chi connectivity index (χ1v) is 6.06. The minimum Gasteiger partial charge on any atom is -0.352 e. The number of carbonyl (C=O) groups is 1. The SMILES string of the molecule is NCCc1cccc(C(=O)NCCCC(F)(F)F)c1. The van der Waals surface area contributed by atoms with Crippen molar-refractivity contribution in [2.24, 2.45) is 5.73 Å². The van der Waals surface area contributed by atoms with Gasteiger partial charge in [0, 0.05) is 18.5 Å². The molecule has 6 heteroatoms. The molecule has 0 atom stereocenters. The fraction of sp³-hybridized carbons (Fsp3) is 0.462. The smallest absolute Gasteiger partial charge is 0.352 e. The van der Waals surface area contributed by atoms with Crippen molar-refractivity contribution in [3.8, 4) is 0 Å². The zero-order valence-corrected chi connectivity index (χ0v) is 10.5. The second-order valence-electron chi connectivity index (χ2n) is 4.21. The van der Waals surface area contributed by atoms with Crippen molar-refractivity contribution in [2.45, 2.75) is 25.4 Å². The molecule has 106 valence electrons. The van der Waals surface area contributed by atoms with E-state index in [-0.39, 0.29) is 18.9 Å². The van der Waals surface area contributed by atoms with E-state index < -0.39 is 12.6 Å². The molecule has 0 unspecified atom stereocenters. The molecular weight excluding hydrogens is 257 g/mol. The number of carbonyl (C=O) groups excluding carboxylic acids is 1. The molecule has 0 heterocycles. The summed E-state index contributed by atoms with van der Waals surface area (Å²) in [7, 11) is 0. The van der Waals surface area contributed by atoms with Gasteiger partial charge >= 0.3 is 6.18 Å². The fourth-order valence-electron chi connectivity index (χ4n) is 1.63. The van der Waals surface area contributed by atoms with Crippen LogP contribution in [-0.4, -0.2) is 25.2 Å². The molecule has 0 aliphatic heterocycles. The molecule has 0 saturated carbocycles. The van der Waals surface area contributed by atoms with Gasteiger partial charge in [-0.1, -0.05) is 12.1 Å². The van der Waals surface area contributed by atoms with Crippen LogP contribution < -0.4 is 11.1 Å². The number of halogens is 3. The van der Waals surface area contributed by atoms with Crippen molar-refractivity contribution in [3.63, 3.8) is 0 Å². The van der Waals surface area contributed by atoms with Gasteiger partial charge in [0.05, 0.1) is 0 Å². The first-order chi connectivity index (χ1) is 8.92. The Morgan fingerprint density at radius 1 is 1.32 bits per heavy atom. The Morgan fingerprint density at radius 3 is 2.68 bits per heavy atom. The maximum absolute atomic E-state index is 11.9. The van der Waals surface area contributed by atoms with E-state index in [1.54, 1.807) is 18.2 Å². The van der Waals surface area contributed by atoms with Gasteiger partial charge in [0.15, 0.2) is 0 Å². The van der Waals surface area contributed by atoms with Gasteiger partial charge in [0.2, 0.25) is 0 Å². The third-order valence-electron chi connectivity index (χ3n) is 2.54. The summed E-state index contributed by atoms with van der Waals surface area (Å²) < 4.78 is 35.7. The van der Waals surface area contributed by atoms with Crippen molar-refractivity contribution < 1.29 is 18.0 Å². The number of alkyl halides is 3. The maximum Gasteiger partial charge on any atom is 0.389 e. The monoisotopic (exact) mass is 274 g/mol. The molecule has 1 aromatic rings. The number of hydrogen-bond donors (Lipinski definition) is 2. The van der Waals surface area contributed by atoms with Crippen LogP contribution in [0.4, 0.5) is 13.2 Å². The second kappa shape index (κ2) is 7.13. The van der Waals surface area contributed by atoms with Gasteiger partial charge in [-0.15, -0.1) is 0 Å². The van der Waals surface area contributed by atoms with Crippen molar-refractivity contribution in [3.05, 3.63) is 35.4 Å². The summed E-state index contributed by atoms with van der Waals surface area (Å²) in [5.74, 6) is -0.360. The number of rotatable bonds is 6. The number of benzene rings is 1. The Bertz CT molecular complexity index is 419. The topological polar surface area (TPSA) is 55.1 Å². The molecule has 0 fully saturated rings. The predicted octanol–water partition coefficient (Wildman–Crippen LogP) is 2.26. The molecule has 0 aromatic heterocycles. The van der Waals surface area contributed by atoms with E-state index in [9.17, 15) is 18.0 Å². The molecule has 0 saturated heterocycles. The molecular formula is C13H17F3N2O. The lowest BCUT2D eigenvalue weighted by Gasteiger charge is -2.08. The van der Waals surface area contributed by atoms with Crippen molar-refractivity contribution in [1.29, 1.82) is 0 Å². The van der Waals surface area contributed by atoms with Gasteiger partial charge in [-0.05, 0) is 37.1 Å². The van der Waals surface area contributed by atoms with E-state index >= 15 is 0 Å². The van der Waals surface area contributed by atoms with Crippen LogP contribution in [0.3, 0.4) is 0 Å². The highest BCUT2D eigenvalue weighted by Gasteiger charge is 2.25. The van der Waals surface area contributed by atoms with E-state index in [1.807, 2.05) is 6.07 Å². The van der Waals surface area contributed by atoms with Crippen LogP contribution in [0, 0.1) is 0 Å². The largest absolute Gasteiger partial charge is 0.389 e. The van der Waals surface area contributed by atoms with Crippen LogP contribution >= 0.6 is 0 Å². The lowest BCUT2D eigenvalue weighted by Crippen LogP contribution is -2.25. The minimum absolute atomic E-state index is 0.0134. The van der Waals surface area contributed by atoms with Gasteiger partial charge < -0.3 is 11.1 Å². The maximum atomic E-state index is 11.9. The predicted molar refractivity (Wildman–Crippen MR) is 66.8 cm³/mol. The summed E-state index contributed by atoms with van der Waals surface area (Å²) in [5, 5.41) is 2.47. The Morgan fingerprint density at radius 2 is 2.05 bits per heavy atom. The Hall–Kier alpha value is -1.56. The normalized spacial score (nSPS) is 11.4. The molecule has 3 nitrogen and oxygen atoms in total. The molecule has 0 radical (unpaired) electrons. The molecule has 1 aromatic carbocycles. The van der Waals surface area contributed by atoms with E-state index in [4.69, 9.17) is 5.73 Å². The number of nitrogens with two attached hydrogens (primary N) is 1. The van der Waals surface area contributed by atoms with Gasteiger partial charge in [-0.25, -0.2) is 0 Å². The molecule has 0 aliphatic rings. The number of amides is 1. The van der Waals surface area contributed by atoms with Crippen molar-refractivity contribution in [2.75, 3.05) is 13.1 Å². The Labute approximate surface area is 110 Å². The quantitative estimate of drug-likeness (QED) is 0.782.